The number of aromatic amines is 1. The zero-order chi connectivity index (χ0) is 18.5. The van der Waals surface area contributed by atoms with Gasteiger partial charge in [0.2, 0.25) is 5.91 Å². The molecule has 0 fully saturated rings. The van der Waals surface area contributed by atoms with Crippen LogP contribution in [-0.4, -0.2) is 29.0 Å². The summed E-state index contributed by atoms with van der Waals surface area (Å²) in [5, 5.41) is 2.78. The predicted molar refractivity (Wildman–Crippen MR) is 96.0 cm³/mol. The highest BCUT2D eigenvalue weighted by Crippen LogP contribution is 2.22. The minimum absolute atomic E-state index is 0.166. The Hall–Kier alpha value is -3.22. The van der Waals surface area contributed by atoms with Gasteiger partial charge in [0.05, 0.1) is 18.1 Å². The molecule has 3 aromatic rings. The van der Waals surface area contributed by atoms with Gasteiger partial charge in [-0.3, -0.25) is 9.59 Å². The molecule has 0 aliphatic heterocycles. The number of esters is 1. The molecular formula is C19H18FN3O3. The summed E-state index contributed by atoms with van der Waals surface area (Å²) in [6.45, 7) is 0. The van der Waals surface area contributed by atoms with E-state index in [1.807, 2.05) is 12.1 Å². The maximum Gasteiger partial charge on any atom is 0.305 e. The van der Waals surface area contributed by atoms with Gasteiger partial charge in [0.15, 0.2) is 0 Å². The monoisotopic (exact) mass is 355 g/mol. The average molecular weight is 355 g/mol. The third kappa shape index (κ3) is 4.24. The first-order chi connectivity index (χ1) is 12.5. The molecule has 1 heterocycles. The zero-order valence-corrected chi connectivity index (χ0v) is 14.2. The Morgan fingerprint density at radius 2 is 1.92 bits per heavy atom. The number of benzene rings is 2. The normalized spacial score (nSPS) is 10.7. The molecule has 0 spiro atoms. The van der Waals surface area contributed by atoms with E-state index in [4.69, 9.17) is 0 Å². The Morgan fingerprint density at radius 1 is 1.15 bits per heavy atom. The largest absolute Gasteiger partial charge is 0.469 e. The number of fused-ring (bicyclic) bond motifs is 1. The quantitative estimate of drug-likeness (QED) is 0.661. The molecule has 2 aromatic carbocycles. The first-order valence-electron chi connectivity index (χ1n) is 8.17. The summed E-state index contributed by atoms with van der Waals surface area (Å²) in [5.74, 6) is -0.187. The molecule has 26 heavy (non-hydrogen) atoms. The van der Waals surface area contributed by atoms with E-state index in [0.717, 1.165) is 5.56 Å². The van der Waals surface area contributed by atoms with Crippen molar-refractivity contribution in [2.75, 3.05) is 12.4 Å². The number of imidazole rings is 1. The van der Waals surface area contributed by atoms with Gasteiger partial charge in [-0.05, 0) is 48.9 Å². The molecule has 0 saturated heterocycles. The van der Waals surface area contributed by atoms with E-state index in [1.54, 1.807) is 18.2 Å². The molecule has 0 atom stereocenters. The van der Waals surface area contributed by atoms with E-state index in [2.05, 4.69) is 20.0 Å². The van der Waals surface area contributed by atoms with E-state index in [-0.39, 0.29) is 30.5 Å². The van der Waals surface area contributed by atoms with E-state index in [9.17, 15) is 14.0 Å². The van der Waals surface area contributed by atoms with E-state index < -0.39 is 0 Å². The van der Waals surface area contributed by atoms with Gasteiger partial charge in [-0.1, -0.05) is 0 Å². The summed E-state index contributed by atoms with van der Waals surface area (Å²) >= 11 is 0. The van der Waals surface area contributed by atoms with Crippen LogP contribution in [0.5, 0.6) is 0 Å². The number of carbonyl (C=O) groups is 2. The van der Waals surface area contributed by atoms with Crippen LogP contribution in [0.2, 0.25) is 0 Å². The van der Waals surface area contributed by atoms with Crippen molar-refractivity contribution in [3.05, 3.63) is 48.3 Å². The topological polar surface area (TPSA) is 84.1 Å². The molecule has 2 N–H and O–H groups in total. The highest BCUT2D eigenvalue weighted by atomic mass is 19.1. The van der Waals surface area contributed by atoms with Crippen LogP contribution in [0.15, 0.2) is 42.5 Å². The van der Waals surface area contributed by atoms with Gasteiger partial charge >= 0.3 is 5.97 Å². The maximum atomic E-state index is 13.3. The molecule has 7 heteroatoms. The Kier molecular flexibility index (Phi) is 5.26. The molecule has 134 valence electrons. The number of H-pyrrole nitrogens is 1. The Balaban J connectivity index is 1.62. The average Bonchev–Trinajstić information content (AvgIpc) is 3.05. The van der Waals surface area contributed by atoms with Gasteiger partial charge in [-0.2, -0.15) is 0 Å². The fourth-order valence-electron chi connectivity index (χ4n) is 2.55. The maximum absolute atomic E-state index is 13.3. The first kappa shape index (κ1) is 17.6. The number of ether oxygens (including phenoxy) is 1. The number of methoxy groups -OCH3 is 1. The van der Waals surface area contributed by atoms with Crippen molar-refractivity contribution < 1.29 is 18.7 Å². The number of nitrogens with one attached hydrogen (secondary N) is 2. The SMILES string of the molecule is COC(=O)CCCC(=O)Nc1ccc(-c2nc3ccc(F)cc3[nH]2)cc1. The van der Waals surface area contributed by atoms with Crippen LogP contribution in [0.1, 0.15) is 19.3 Å². The van der Waals surface area contributed by atoms with Crippen molar-refractivity contribution in [1.29, 1.82) is 0 Å². The van der Waals surface area contributed by atoms with Crippen LogP contribution in [0.4, 0.5) is 10.1 Å². The summed E-state index contributed by atoms with van der Waals surface area (Å²) in [5.41, 5.74) is 2.79. The van der Waals surface area contributed by atoms with Crippen LogP contribution >= 0.6 is 0 Å². The summed E-state index contributed by atoms with van der Waals surface area (Å²) in [4.78, 5) is 30.4. The Morgan fingerprint density at radius 3 is 2.65 bits per heavy atom. The van der Waals surface area contributed by atoms with Crippen molar-refractivity contribution in [3.63, 3.8) is 0 Å². The van der Waals surface area contributed by atoms with Crippen molar-refractivity contribution >= 4 is 28.6 Å². The highest BCUT2D eigenvalue weighted by molar-refractivity contribution is 5.91. The molecule has 0 aliphatic rings. The van der Waals surface area contributed by atoms with Crippen molar-refractivity contribution in [2.45, 2.75) is 19.3 Å². The Labute approximate surface area is 149 Å². The molecule has 0 radical (unpaired) electrons. The summed E-state index contributed by atoms with van der Waals surface area (Å²) < 4.78 is 17.8. The van der Waals surface area contributed by atoms with Gasteiger partial charge in [0.25, 0.3) is 0 Å². The number of rotatable bonds is 6. The van der Waals surface area contributed by atoms with Crippen LogP contribution in [0.3, 0.4) is 0 Å². The van der Waals surface area contributed by atoms with E-state index in [0.29, 0.717) is 29.0 Å². The number of anilines is 1. The fourth-order valence-corrected chi connectivity index (χ4v) is 2.55. The molecule has 1 aromatic heterocycles. The van der Waals surface area contributed by atoms with Crippen LogP contribution in [0.25, 0.3) is 22.4 Å². The van der Waals surface area contributed by atoms with Crippen molar-refractivity contribution in [3.8, 4) is 11.4 Å². The van der Waals surface area contributed by atoms with Crippen LogP contribution in [-0.2, 0) is 14.3 Å². The predicted octanol–water partition coefficient (Wildman–Crippen LogP) is 3.65. The molecular weight excluding hydrogens is 337 g/mol. The lowest BCUT2D eigenvalue weighted by Crippen LogP contribution is -2.12. The first-order valence-corrected chi connectivity index (χ1v) is 8.17. The van der Waals surface area contributed by atoms with Gasteiger partial charge in [-0.15, -0.1) is 0 Å². The van der Waals surface area contributed by atoms with E-state index in [1.165, 1.54) is 19.2 Å². The number of nitrogens with zero attached hydrogens (tertiary/aromatic N) is 1. The van der Waals surface area contributed by atoms with Gasteiger partial charge < -0.3 is 15.0 Å². The summed E-state index contributed by atoms with van der Waals surface area (Å²) in [7, 11) is 1.32. The van der Waals surface area contributed by atoms with Gasteiger partial charge in [-0.25, -0.2) is 9.37 Å². The minimum Gasteiger partial charge on any atom is -0.469 e. The summed E-state index contributed by atoms with van der Waals surface area (Å²) in [6.07, 6.45) is 0.896. The fraction of sp³-hybridized carbons (Fsp3) is 0.211. The molecule has 0 bridgehead atoms. The molecule has 0 unspecified atom stereocenters. The molecule has 0 aliphatic carbocycles. The Bertz CT molecular complexity index is 935. The second-order valence-corrected chi connectivity index (χ2v) is 5.80. The second-order valence-electron chi connectivity index (χ2n) is 5.80. The number of aromatic nitrogens is 2. The van der Waals surface area contributed by atoms with Crippen molar-refractivity contribution in [2.24, 2.45) is 0 Å². The minimum atomic E-state index is -0.326. The second kappa shape index (κ2) is 7.77. The number of hydrogen-bond acceptors (Lipinski definition) is 4. The highest BCUT2D eigenvalue weighted by Gasteiger charge is 2.08. The number of hydrogen-bond donors (Lipinski definition) is 2. The molecule has 0 saturated carbocycles. The smallest absolute Gasteiger partial charge is 0.305 e. The summed E-state index contributed by atoms with van der Waals surface area (Å²) in [6, 6.07) is 11.5. The number of halogens is 1. The third-order valence-corrected chi connectivity index (χ3v) is 3.90. The standard InChI is InChI=1S/C19H18FN3O3/c1-26-18(25)4-2-3-17(24)21-14-8-5-12(6-9-14)19-22-15-10-7-13(20)11-16(15)23-19/h5-11H,2-4H2,1H3,(H,21,24)(H,22,23). The van der Waals surface area contributed by atoms with Crippen molar-refractivity contribution in [1.82, 2.24) is 9.97 Å². The number of carbonyl (C=O) groups excluding carboxylic acids is 2. The van der Waals surface area contributed by atoms with Crippen LogP contribution in [0, 0.1) is 5.82 Å². The lowest BCUT2D eigenvalue weighted by molar-refractivity contribution is -0.140. The van der Waals surface area contributed by atoms with Gasteiger partial charge in [0.1, 0.15) is 11.6 Å². The van der Waals surface area contributed by atoms with Gasteiger partial charge in [0, 0.05) is 24.1 Å². The lowest BCUT2D eigenvalue weighted by Gasteiger charge is -2.05. The van der Waals surface area contributed by atoms with E-state index >= 15 is 0 Å². The lowest BCUT2D eigenvalue weighted by atomic mass is 10.2. The molecule has 3 rings (SSSR count). The van der Waals surface area contributed by atoms with Crippen LogP contribution < -0.4 is 5.32 Å². The molecule has 1 amide bonds. The number of amides is 1. The zero-order valence-electron chi connectivity index (χ0n) is 14.2. The molecule has 6 nitrogen and oxygen atoms in total. The third-order valence-electron chi connectivity index (χ3n) is 3.90.